The summed E-state index contributed by atoms with van der Waals surface area (Å²) in [5, 5.41) is 3.05. The monoisotopic (exact) mass is 258 g/mol. The van der Waals surface area contributed by atoms with Crippen molar-refractivity contribution in [2.45, 2.75) is 11.3 Å². The van der Waals surface area contributed by atoms with Gasteiger partial charge in [-0.05, 0) is 25.1 Å². The molecular weight excluding hydrogens is 240 g/mol. The molecular formula is C10H18N4O2S. The maximum atomic E-state index is 11.8. The van der Waals surface area contributed by atoms with Gasteiger partial charge in [-0.3, -0.25) is 0 Å². The normalized spacial score (nSPS) is 11.8. The Hall–Kier alpha value is -1.18. The van der Waals surface area contributed by atoms with Gasteiger partial charge in [0.15, 0.2) is 0 Å². The predicted molar refractivity (Wildman–Crippen MR) is 67.3 cm³/mol. The molecule has 1 heterocycles. The topological polar surface area (TPSA) is 88.3 Å². The van der Waals surface area contributed by atoms with Crippen LogP contribution in [0.1, 0.15) is 6.42 Å². The van der Waals surface area contributed by atoms with Crippen LogP contribution in [-0.4, -0.2) is 44.9 Å². The molecule has 0 aliphatic heterocycles. The number of aromatic nitrogens is 1. The highest BCUT2D eigenvalue weighted by atomic mass is 32.2. The lowest BCUT2D eigenvalue weighted by Crippen LogP contribution is -2.22. The molecule has 0 spiro atoms. The summed E-state index contributed by atoms with van der Waals surface area (Å²) >= 11 is 0. The number of nitrogens with two attached hydrogens (primary N) is 1. The molecule has 6 nitrogen and oxygen atoms in total. The molecule has 1 rings (SSSR count). The molecule has 0 fully saturated rings. The van der Waals surface area contributed by atoms with Crippen molar-refractivity contribution in [3.63, 3.8) is 0 Å². The van der Waals surface area contributed by atoms with Gasteiger partial charge in [0.1, 0.15) is 10.7 Å². The van der Waals surface area contributed by atoms with Crippen molar-refractivity contribution in [3.8, 4) is 0 Å². The van der Waals surface area contributed by atoms with Gasteiger partial charge in [-0.25, -0.2) is 17.7 Å². The van der Waals surface area contributed by atoms with E-state index in [-0.39, 0.29) is 4.90 Å². The predicted octanol–water partition coefficient (Wildman–Crippen LogP) is 0.0926. The molecule has 0 aromatic carbocycles. The summed E-state index contributed by atoms with van der Waals surface area (Å²) < 4.78 is 24.7. The molecule has 0 aliphatic carbocycles. The highest BCUT2D eigenvalue weighted by Gasteiger charge is 2.16. The van der Waals surface area contributed by atoms with Crippen LogP contribution in [0.15, 0.2) is 23.2 Å². The summed E-state index contributed by atoms with van der Waals surface area (Å²) in [4.78, 5) is 4.23. The minimum absolute atomic E-state index is 0.187. The van der Waals surface area contributed by atoms with Gasteiger partial charge >= 0.3 is 0 Å². The summed E-state index contributed by atoms with van der Waals surface area (Å²) in [5.41, 5.74) is 5.36. The molecule has 0 atom stereocenters. The molecule has 1 aromatic rings. The quantitative estimate of drug-likeness (QED) is 0.706. The largest absolute Gasteiger partial charge is 0.370 e. The van der Waals surface area contributed by atoms with Crippen LogP contribution in [-0.2, 0) is 10.0 Å². The van der Waals surface area contributed by atoms with Gasteiger partial charge in [-0.1, -0.05) is 0 Å². The first-order valence-electron chi connectivity index (χ1n) is 5.31. The molecule has 17 heavy (non-hydrogen) atoms. The van der Waals surface area contributed by atoms with Crippen molar-refractivity contribution in [2.75, 3.05) is 32.5 Å². The van der Waals surface area contributed by atoms with Gasteiger partial charge in [0, 0.05) is 26.8 Å². The fourth-order valence-corrected chi connectivity index (χ4v) is 2.01. The molecule has 0 aliphatic rings. The third kappa shape index (κ3) is 3.65. The SMILES string of the molecule is CN(C)S(=O)(=O)c1ccc(NCCCN)nc1. The van der Waals surface area contributed by atoms with E-state index in [1.807, 2.05) is 0 Å². The van der Waals surface area contributed by atoms with Crippen LogP contribution in [0.2, 0.25) is 0 Å². The summed E-state index contributed by atoms with van der Waals surface area (Å²) in [6.07, 6.45) is 2.19. The third-order valence-corrected chi connectivity index (χ3v) is 4.00. The number of nitrogens with zero attached hydrogens (tertiary/aromatic N) is 2. The van der Waals surface area contributed by atoms with Crippen molar-refractivity contribution in [1.29, 1.82) is 0 Å². The fourth-order valence-electron chi connectivity index (χ4n) is 1.17. The van der Waals surface area contributed by atoms with Gasteiger partial charge < -0.3 is 11.1 Å². The number of hydrogen-bond donors (Lipinski definition) is 2. The first kappa shape index (κ1) is 13.9. The standard InChI is InChI=1S/C10H18N4O2S/c1-14(2)17(15,16)9-4-5-10(13-8-9)12-7-3-6-11/h4-5,8H,3,6-7,11H2,1-2H3,(H,12,13). The van der Waals surface area contributed by atoms with Crippen molar-refractivity contribution in [2.24, 2.45) is 5.73 Å². The maximum absolute atomic E-state index is 11.8. The highest BCUT2D eigenvalue weighted by Crippen LogP contribution is 2.13. The Morgan fingerprint density at radius 3 is 2.59 bits per heavy atom. The summed E-state index contributed by atoms with van der Waals surface area (Å²) in [7, 11) is -0.418. The van der Waals surface area contributed by atoms with Gasteiger partial charge in [-0.15, -0.1) is 0 Å². The van der Waals surface area contributed by atoms with Crippen LogP contribution < -0.4 is 11.1 Å². The highest BCUT2D eigenvalue weighted by molar-refractivity contribution is 7.89. The van der Waals surface area contributed by atoms with Crippen LogP contribution in [0.25, 0.3) is 0 Å². The smallest absolute Gasteiger partial charge is 0.244 e. The zero-order valence-corrected chi connectivity index (χ0v) is 10.9. The molecule has 3 N–H and O–H groups in total. The van der Waals surface area contributed by atoms with Crippen LogP contribution >= 0.6 is 0 Å². The average Bonchev–Trinajstić information content (AvgIpc) is 2.30. The Kier molecular flexibility index (Phi) is 4.86. The van der Waals surface area contributed by atoms with Crippen LogP contribution in [0.5, 0.6) is 0 Å². The number of rotatable bonds is 6. The van der Waals surface area contributed by atoms with E-state index in [1.54, 1.807) is 6.07 Å². The molecule has 0 bridgehead atoms. The molecule has 0 unspecified atom stereocenters. The van der Waals surface area contributed by atoms with Crippen LogP contribution in [0.3, 0.4) is 0 Å². The second-order valence-electron chi connectivity index (χ2n) is 3.74. The Morgan fingerprint density at radius 1 is 1.41 bits per heavy atom. The third-order valence-electron chi connectivity index (χ3n) is 2.20. The van der Waals surface area contributed by atoms with Gasteiger partial charge in [-0.2, -0.15) is 0 Å². The molecule has 7 heteroatoms. The first-order chi connectivity index (χ1) is 7.98. The van der Waals surface area contributed by atoms with Gasteiger partial charge in [0.05, 0.1) is 0 Å². The van der Waals surface area contributed by atoms with E-state index in [1.165, 1.54) is 26.4 Å². The van der Waals surface area contributed by atoms with Crippen molar-refractivity contribution >= 4 is 15.8 Å². The summed E-state index contributed by atoms with van der Waals surface area (Å²) in [5.74, 6) is 0.649. The van der Waals surface area contributed by atoms with Crippen molar-refractivity contribution < 1.29 is 8.42 Å². The molecule has 0 saturated heterocycles. The lowest BCUT2D eigenvalue weighted by Gasteiger charge is -2.11. The zero-order valence-electron chi connectivity index (χ0n) is 10.0. The van der Waals surface area contributed by atoms with E-state index in [0.29, 0.717) is 12.4 Å². The number of nitrogens with one attached hydrogen (secondary N) is 1. The number of anilines is 1. The zero-order chi connectivity index (χ0) is 12.9. The van der Waals surface area contributed by atoms with Crippen LogP contribution in [0.4, 0.5) is 5.82 Å². The minimum Gasteiger partial charge on any atom is -0.370 e. The van der Waals surface area contributed by atoms with E-state index in [0.717, 1.165) is 17.3 Å². The van der Waals surface area contributed by atoms with Crippen LogP contribution in [0, 0.1) is 0 Å². The van der Waals surface area contributed by atoms with Gasteiger partial charge in [0.2, 0.25) is 10.0 Å². The second kappa shape index (κ2) is 5.95. The Morgan fingerprint density at radius 2 is 2.12 bits per heavy atom. The van der Waals surface area contributed by atoms with Crippen molar-refractivity contribution in [3.05, 3.63) is 18.3 Å². The first-order valence-corrected chi connectivity index (χ1v) is 6.75. The van der Waals surface area contributed by atoms with E-state index in [2.05, 4.69) is 10.3 Å². The van der Waals surface area contributed by atoms with Crippen molar-refractivity contribution in [1.82, 2.24) is 9.29 Å². The van der Waals surface area contributed by atoms with E-state index in [4.69, 9.17) is 5.73 Å². The molecule has 1 aromatic heterocycles. The van der Waals surface area contributed by atoms with E-state index in [9.17, 15) is 8.42 Å². The Labute approximate surface area is 102 Å². The second-order valence-corrected chi connectivity index (χ2v) is 5.89. The lowest BCUT2D eigenvalue weighted by atomic mass is 10.4. The molecule has 0 radical (unpaired) electrons. The average molecular weight is 258 g/mol. The molecule has 0 saturated carbocycles. The molecule has 0 amide bonds. The number of sulfonamides is 1. The Balaban J connectivity index is 2.75. The fraction of sp³-hybridized carbons (Fsp3) is 0.500. The molecule has 96 valence electrons. The maximum Gasteiger partial charge on any atom is 0.244 e. The lowest BCUT2D eigenvalue weighted by molar-refractivity contribution is 0.520. The van der Waals surface area contributed by atoms with E-state index < -0.39 is 10.0 Å². The van der Waals surface area contributed by atoms with E-state index >= 15 is 0 Å². The van der Waals surface area contributed by atoms with Gasteiger partial charge in [0.25, 0.3) is 0 Å². The summed E-state index contributed by atoms with van der Waals surface area (Å²) in [6.45, 7) is 1.34. The number of pyridine rings is 1. The number of hydrogen-bond acceptors (Lipinski definition) is 5. The minimum atomic E-state index is -3.40. The summed E-state index contributed by atoms with van der Waals surface area (Å²) in [6, 6.07) is 3.18. The Bertz CT molecular complexity index is 442.